The van der Waals surface area contributed by atoms with Crippen LogP contribution < -0.4 is 5.73 Å². The minimum Gasteiger partial charge on any atom is -0.328 e. The van der Waals surface area contributed by atoms with Crippen LogP contribution in [-0.2, 0) is 0 Å². The molecule has 2 rings (SSSR count). The molecule has 0 bridgehead atoms. The number of hydrogen-bond acceptors (Lipinski definition) is 3. The molecule has 1 aliphatic carbocycles. The molecule has 0 aromatic rings. The van der Waals surface area contributed by atoms with Gasteiger partial charge in [0.05, 0.1) is 0 Å². The van der Waals surface area contributed by atoms with Crippen molar-refractivity contribution in [2.75, 3.05) is 24.6 Å². The number of rotatable bonds is 2. The molecule has 0 aromatic heterocycles. The first kappa shape index (κ1) is 11.7. The molecule has 15 heavy (non-hydrogen) atoms. The highest BCUT2D eigenvalue weighted by Crippen LogP contribution is 2.26. The van der Waals surface area contributed by atoms with Gasteiger partial charge in [-0.15, -0.1) is 0 Å². The minimum absolute atomic E-state index is 0.496. The molecular weight excluding hydrogens is 204 g/mol. The van der Waals surface area contributed by atoms with E-state index in [2.05, 4.69) is 23.6 Å². The number of nitrogens with zero attached hydrogens (tertiary/aromatic N) is 1. The van der Waals surface area contributed by atoms with Crippen molar-refractivity contribution in [2.24, 2.45) is 11.7 Å². The molecule has 2 fully saturated rings. The van der Waals surface area contributed by atoms with E-state index in [1.54, 1.807) is 0 Å². The van der Waals surface area contributed by atoms with Crippen LogP contribution in [0.4, 0.5) is 0 Å². The summed E-state index contributed by atoms with van der Waals surface area (Å²) in [5.74, 6) is 3.58. The lowest BCUT2D eigenvalue weighted by Crippen LogP contribution is -2.44. The molecule has 1 unspecified atom stereocenters. The van der Waals surface area contributed by atoms with Gasteiger partial charge < -0.3 is 5.73 Å². The van der Waals surface area contributed by atoms with Gasteiger partial charge in [-0.3, -0.25) is 4.90 Å². The SMILES string of the molecule is CC1CSCCN1CC1CCC(N)CC1. The Balaban J connectivity index is 1.75. The first-order valence-electron chi connectivity index (χ1n) is 6.33. The predicted molar refractivity (Wildman–Crippen MR) is 68.3 cm³/mol. The fourth-order valence-corrected chi connectivity index (χ4v) is 3.82. The van der Waals surface area contributed by atoms with Crippen molar-refractivity contribution in [3.05, 3.63) is 0 Å². The van der Waals surface area contributed by atoms with E-state index in [-0.39, 0.29) is 0 Å². The van der Waals surface area contributed by atoms with Crippen LogP contribution in [-0.4, -0.2) is 41.6 Å². The van der Waals surface area contributed by atoms with Crippen molar-refractivity contribution < 1.29 is 0 Å². The van der Waals surface area contributed by atoms with Crippen molar-refractivity contribution in [1.29, 1.82) is 0 Å². The molecule has 1 heterocycles. The van der Waals surface area contributed by atoms with Gasteiger partial charge in [0.15, 0.2) is 0 Å². The Bertz CT molecular complexity index is 190. The van der Waals surface area contributed by atoms with Gasteiger partial charge >= 0.3 is 0 Å². The summed E-state index contributed by atoms with van der Waals surface area (Å²) >= 11 is 2.11. The van der Waals surface area contributed by atoms with Crippen LogP contribution in [0, 0.1) is 5.92 Å². The van der Waals surface area contributed by atoms with Crippen molar-refractivity contribution in [1.82, 2.24) is 4.90 Å². The lowest BCUT2D eigenvalue weighted by Gasteiger charge is -2.37. The van der Waals surface area contributed by atoms with Crippen molar-refractivity contribution in [3.63, 3.8) is 0 Å². The van der Waals surface area contributed by atoms with Crippen molar-refractivity contribution in [2.45, 2.75) is 44.7 Å². The standard InChI is InChI=1S/C12H24N2S/c1-10-9-15-7-6-14(10)8-11-2-4-12(13)5-3-11/h10-12H,2-9,13H2,1H3. The summed E-state index contributed by atoms with van der Waals surface area (Å²) in [6.07, 6.45) is 5.22. The minimum atomic E-state index is 0.496. The number of hydrogen-bond donors (Lipinski definition) is 1. The Labute approximate surface area is 98.0 Å². The fraction of sp³-hybridized carbons (Fsp3) is 1.00. The van der Waals surface area contributed by atoms with E-state index in [9.17, 15) is 0 Å². The summed E-state index contributed by atoms with van der Waals surface area (Å²) in [6.45, 7) is 5.00. The summed E-state index contributed by atoms with van der Waals surface area (Å²) in [4.78, 5) is 2.69. The highest BCUT2D eigenvalue weighted by molar-refractivity contribution is 7.99. The molecule has 0 amide bonds. The molecule has 88 valence electrons. The van der Waals surface area contributed by atoms with Gasteiger partial charge in [-0.1, -0.05) is 0 Å². The van der Waals surface area contributed by atoms with E-state index in [0.717, 1.165) is 12.0 Å². The Kier molecular flexibility index (Phi) is 4.35. The maximum atomic E-state index is 5.94. The van der Waals surface area contributed by atoms with Crippen LogP contribution >= 0.6 is 11.8 Å². The second-order valence-corrected chi connectivity index (χ2v) is 6.35. The van der Waals surface area contributed by atoms with E-state index in [1.807, 2.05) is 0 Å². The van der Waals surface area contributed by atoms with E-state index in [0.29, 0.717) is 6.04 Å². The van der Waals surface area contributed by atoms with Crippen LogP contribution in [0.15, 0.2) is 0 Å². The molecule has 2 aliphatic rings. The van der Waals surface area contributed by atoms with Crippen LogP contribution in [0.5, 0.6) is 0 Å². The third-order valence-electron chi connectivity index (χ3n) is 3.89. The maximum Gasteiger partial charge on any atom is 0.0158 e. The normalized spacial score (nSPS) is 39.2. The van der Waals surface area contributed by atoms with Gasteiger partial charge in [-0.05, 0) is 38.5 Å². The molecular formula is C12H24N2S. The predicted octanol–water partition coefficient (Wildman–Crippen LogP) is 1.94. The summed E-state index contributed by atoms with van der Waals surface area (Å²) in [7, 11) is 0. The van der Waals surface area contributed by atoms with Crippen molar-refractivity contribution in [3.8, 4) is 0 Å². The Morgan fingerprint density at radius 2 is 2.00 bits per heavy atom. The van der Waals surface area contributed by atoms with E-state index in [4.69, 9.17) is 5.73 Å². The molecule has 1 atom stereocenters. The first-order chi connectivity index (χ1) is 7.25. The summed E-state index contributed by atoms with van der Waals surface area (Å²) in [5.41, 5.74) is 5.94. The molecule has 1 aliphatic heterocycles. The third-order valence-corrected chi connectivity index (χ3v) is 5.08. The van der Waals surface area contributed by atoms with Crippen molar-refractivity contribution >= 4 is 11.8 Å². The maximum absolute atomic E-state index is 5.94. The third kappa shape index (κ3) is 3.36. The fourth-order valence-electron chi connectivity index (χ4n) is 2.74. The molecule has 3 heteroatoms. The lowest BCUT2D eigenvalue weighted by atomic mass is 9.86. The monoisotopic (exact) mass is 228 g/mol. The average molecular weight is 228 g/mol. The zero-order chi connectivity index (χ0) is 10.7. The average Bonchev–Trinajstić information content (AvgIpc) is 2.25. The Morgan fingerprint density at radius 1 is 1.27 bits per heavy atom. The molecule has 1 saturated heterocycles. The van der Waals surface area contributed by atoms with Gasteiger partial charge in [-0.25, -0.2) is 0 Å². The second kappa shape index (κ2) is 5.55. The van der Waals surface area contributed by atoms with E-state index >= 15 is 0 Å². The Hall–Kier alpha value is 0.270. The highest BCUT2D eigenvalue weighted by Gasteiger charge is 2.24. The van der Waals surface area contributed by atoms with Crippen LogP contribution in [0.25, 0.3) is 0 Å². The van der Waals surface area contributed by atoms with Gasteiger partial charge in [0.1, 0.15) is 0 Å². The first-order valence-corrected chi connectivity index (χ1v) is 7.48. The summed E-state index contributed by atoms with van der Waals surface area (Å²) < 4.78 is 0. The van der Waals surface area contributed by atoms with Crippen LogP contribution in [0.1, 0.15) is 32.6 Å². The quantitative estimate of drug-likeness (QED) is 0.783. The molecule has 0 radical (unpaired) electrons. The van der Waals surface area contributed by atoms with Crippen LogP contribution in [0.3, 0.4) is 0 Å². The van der Waals surface area contributed by atoms with Gasteiger partial charge in [0, 0.05) is 36.7 Å². The zero-order valence-electron chi connectivity index (χ0n) is 9.82. The number of thioether (sulfide) groups is 1. The topological polar surface area (TPSA) is 29.3 Å². The highest BCUT2D eigenvalue weighted by atomic mass is 32.2. The molecule has 1 saturated carbocycles. The van der Waals surface area contributed by atoms with Gasteiger partial charge in [0.2, 0.25) is 0 Å². The smallest absolute Gasteiger partial charge is 0.0158 e. The summed E-state index contributed by atoms with van der Waals surface area (Å²) in [6, 6.07) is 1.29. The van der Waals surface area contributed by atoms with E-state index < -0.39 is 0 Å². The number of nitrogens with two attached hydrogens (primary N) is 1. The lowest BCUT2D eigenvalue weighted by molar-refractivity contribution is 0.168. The molecule has 0 aromatic carbocycles. The molecule has 2 nitrogen and oxygen atoms in total. The largest absolute Gasteiger partial charge is 0.328 e. The Morgan fingerprint density at radius 3 is 2.67 bits per heavy atom. The van der Waals surface area contributed by atoms with E-state index in [1.165, 1.54) is 50.3 Å². The van der Waals surface area contributed by atoms with Gasteiger partial charge in [0.25, 0.3) is 0 Å². The molecule has 2 N–H and O–H groups in total. The molecule has 0 spiro atoms. The summed E-state index contributed by atoms with van der Waals surface area (Å²) in [5, 5.41) is 0. The van der Waals surface area contributed by atoms with Gasteiger partial charge in [-0.2, -0.15) is 11.8 Å². The zero-order valence-corrected chi connectivity index (χ0v) is 10.6. The van der Waals surface area contributed by atoms with Crippen LogP contribution in [0.2, 0.25) is 0 Å². The second-order valence-electron chi connectivity index (χ2n) is 5.20.